The lowest BCUT2D eigenvalue weighted by Crippen LogP contribution is -2.17. The Labute approximate surface area is 99.1 Å². The van der Waals surface area contributed by atoms with Crippen molar-refractivity contribution in [1.82, 2.24) is 0 Å². The van der Waals surface area contributed by atoms with Gasteiger partial charge in [-0.25, -0.2) is 4.79 Å². The molecule has 0 fully saturated rings. The summed E-state index contributed by atoms with van der Waals surface area (Å²) in [6, 6.07) is 7.98. The first kappa shape index (κ1) is 11.1. The van der Waals surface area contributed by atoms with Crippen molar-refractivity contribution >= 4 is 23.4 Å². The Balaban J connectivity index is 2.26. The molecule has 0 radical (unpaired) electrons. The minimum Gasteiger partial charge on any atom is -0.462 e. The van der Waals surface area contributed by atoms with E-state index in [1.165, 1.54) is 11.8 Å². The van der Waals surface area contributed by atoms with Crippen molar-refractivity contribution in [2.24, 2.45) is 0 Å². The molecule has 1 aliphatic heterocycles. The monoisotopic (exact) mass is 235 g/mol. The summed E-state index contributed by atoms with van der Waals surface area (Å²) in [5, 5.41) is 0. The van der Waals surface area contributed by atoms with Gasteiger partial charge in [-0.3, -0.25) is 0 Å². The van der Waals surface area contributed by atoms with Crippen LogP contribution in [-0.2, 0) is 9.53 Å². The largest absolute Gasteiger partial charge is 0.462 e. The van der Waals surface area contributed by atoms with Gasteiger partial charge >= 0.3 is 5.97 Å². The summed E-state index contributed by atoms with van der Waals surface area (Å²) in [4.78, 5) is 15.3. The Morgan fingerprint density at radius 1 is 1.44 bits per heavy atom. The number of anilines is 1. The molecule has 84 valence electrons. The lowest BCUT2D eigenvalue weighted by Gasteiger charge is -2.24. The predicted octanol–water partition coefficient (Wildman–Crippen LogP) is 2.63. The molecule has 0 atom stereocenters. The molecule has 1 aliphatic rings. The lowest BCUT2D eigenvalue weighted by atomic mass is 10.3. The van der Waals surface area contributed by atoms with E-state index in [0.29, 0.717) is 11.5 Å². The number of benzene rings is 1. The highest BCUT2D eigenvalue weighted by molar-refractivity contribution is 8.04. The number of para-hydroxylation sites is 1. The summed E-state index contributed by atoms with van der Waals surface area (Å²) in [6.07, 6.45) is 1.81. The molecule has 1 aromatic carbocycles. The van der Waals surface area contributed by atoms with Gasteiger partial charge < -0.3 is 9.64 Å². The van der Waals surface area contributed by atoms with Crippen molar-refractivity contribution in [3.63, 3.8) is 0 Å². The smallest absolute Gasteiger partial charge is 0.346 e. The molecule has 0 aromatic heterocycles. The molecular weight excluding hydrogens is 222 g/mol. The molecule has 0 N–H and O–H groups in total. The van der Waals surface area contributed by atoms with E-state index in [0.717, 1.165) is 10.6 Å². The second-order valence-electron chi connectivity index (χ2n) is 3.39. The van der Waals surface area contributed by atoms with Crippen LogP contribution in [0, 0.1) is 0 Å². The number of hydrogen-bond donors (Lipinski definition) is 0. The number of fused-ring (bicyclic) bond motifs is 1. The topological polar surface area (TPSA) is 29.5 Å². The molecule has 0 spiro atoms. The van der Waals surface area contributed by atoms with Crippen LogP contribution < -0.4 is 4.90 Å². The van der Waals surface area contributed by atoms with Gasteiger partial charge in [0.15, 0.2) is 0 Å². The van der Waals surface area contributed by atoms with Gasteiger partial charge in [0.2, 0.25) is 0 Å². The molecule has 0 amide bonds. The number of carbonyl (C=O) groups excluding carboxylic acids is 1. The Morgan fingerprint density at radius 2 is 2.19 bits per heavy atom. The summed E-state index contributed by atoms with van der Waals surface area (Å²) in [7, 11) is 1.93. The van der Waals surface area contributed by atoms with E-state index in [9.17, 15) is 4.79 Å². The van der Waals surface area contributed by atoms with Crippen molar-refractivity contribution in [2.45, 2.75) is 11.8 Å². The van der Waals surface area contributed by atoms with Crippen LogP contribution in [0.25, 0.3) is 0 Å². The molecule has 0 unspecified atom stereocenters. The van der Waals surface area contributed by atoms with Gasteiger partial charge in [-0.05, 0) is 19.1 Å². The Kier molecular flexibility index (Phi) is 3.19. The van der Waals surface area contributed by atoms with E-state index < -0.39 is 0 Å². The van der Waals surface area contributed by atoms with Crippen LogP contribution in [0.15, 0.2) is 40.3 Å². The van der Waals surface area contributed by atoms with E-state index in [1.54, 1.807) is 0 Å². The summed E-state index contributed by atoms with van der Waals surface area (Å²) in [5.74, 6) is -0.256. The summed E-state index contributed by atoms with van der Waals surface area (Å²) in [6.45, 7) is 2.21. The molecular formula is C12H13NO2S. The number of hydrogen-bond acceptors (Lipinski definition) is 4. The van der Waals surface area contributed by atoms with E-state index >= 15 is 0 Å². The van der Waals surface area contributed by atoms with Crippen LogP contribution in [0.5, 0.6) is 0 Å². The van der Waals surface area contributed by atoms with Crippen LogP contribution in [0.2, 0.25) is 0 Å². The van der Waals surface area contributed by atoms with Crippen molar-refractivity contribution in [1.29, 1.82) is 0 Å². The summed E-state index contributed by atoms with van der Waals surface area (Å²) >= 11 is 1.45. The zero-order valence-electron chi connectivity index (χ0n) is 9.27. The second-order valence-corrected chi connectivity index (χ2v) is 4.48. The van der Waals surface area contributed by atoms with Crippen LogP contribution in [0.4, 0.5) is 5.69 Å². The van der Waals surface area contributed by atoms with Crippen LogP contribution in [0.3, 0.4) is 0 Å². The van der Waals surface area contributed by atoms with E-state index in [2.05, 4.69) is 0 Å². The lowest BCUT2D eigenvalue weighted by molar-refractivity contribution is -0.137. The fourth-order valence-corrected chi connectivity index (χ4v) is 2.57. The number of rotatable bonds is 2. The standard InChI is InChI=1S/C12H13NO2S/c1-3-15-12(14)11-8-13(2)9-6-4-5-7-10(9)16-11/h4-8H,3H2,1-2H3. The molecule has 4 heteroatoms. The zero-order chi connectivity index (χ0) is 11.5. The molecule has 0 aliphatic carbocycles. The molecule has 0 saturated heterocycles. The average molecular weight is 235 g/mol. The van der Waals surface area contributed by atoms with Gasteiger partial charge in [0, 0.05) is 18.1 Å². The number of carbonyl (C=O) groups is 1. The van der Waals surface area contributed by atoms with Crippen LogP contribution in [-0.4, -0.2) is 19.6 Å². The van der Waals surface area contributed by atoms with Crippen molar-refractivity contribution in [2.75, 3.05) is 18.6 Å². The van der Waals surface area contributed by atoms with Gasteiger partial charge in [0.05, 0.1) is 12.3 Å². The minimum atomic E-state index is -0.256. The van der Waals surface area contributed by atoms with E-state index in [4.69, 9.17) is 4.74 Å². The maximum absolute atomic E-state index is 11.6. The Hall–Kier alpha value is -1.42. The summed E-state index contributed by atoms with van der Waals surface area (Å²) in [5.41, 5.74) is 1.11. The van der Waals surface area contributed by atoms with Crippen molar-refractivity contribution in [3.05, 3.63) is 35.4 Å². The van der Waals surface area contributed by atoms with Gasteiger partial charge in [-0.1, -0.05) is 23.9 Å². The Bertz CT molecular complexity index is 442. The van der Waals surface area contributed by atoms with Gasteiger partial charge in [-0.2, -0.15) is 0 Å². The highest BCUT2D eigenvalue weighted by Gasteiger charge is 2.20. The van der Waals surface area contributed by atoms with Gasteiger partial charge in [0.1, 0.15) is 4.91 Å². The van der Waals surface area contributed by atoms with Gasteiger partial charge in [0.25, 0.3) is 0 Å². The first-order chi connectivity index (χ1) is 7.72. The van der Waals surface area contributed by atoms with Crippen LogP contribution >= 0.6 is 11.8 Å². The first-order valence-electron chi connectivity index (χ1n) is 5.11. The predicted molar refractivity (Wildman–Crippen MR) is 65.4 cm³/mol. The normalized spacial score (nSPS) is 14.1. The fraction of sp³-hybridized carbons (Fsp3) is 0.250. The molecule has 16 heavy (non-hydrogen) atoms. The average Bonchev–Trinajstić information content (AvgIpc) is 2.29. The van der Waals surface area contributed by atoms with Gasteiger partial charge in [-0.15, -0.1) is 0 Å². The first-order valence-corrected chi connectivity index (χ1v) is 5.92. The SMILES string of the molecule is CCOC(=O)C1=CN(C)c2ccccc2S1. The third-order valence-electron chi connectivity index (χ3n) is 2.25. The van der Waals surface area contributed by atoms with Crippen LogP contribution in [0.1, 0.15) is 6.92 Å². The maximum atomic E-state index is 11.6. The quantitative estimate of drug-likeness (QED) is 0.737. The second kappa shape index (κ2) is 4.61. The molecule has 2 rings (SSSR count). The number of nitrogens with zero attached hydrogens (tertiary/aromatic N) is 1. The van der Waals surface area contributed by atoms with Crippen molar-refractivity contribution in [3.8, 4) is 0 Å². The zero-order valence-corrected chi connectivity index (χ0v) is 10.1. The molecule has 0 saturated carbocycles. The highest BCUT2D eigenvalue weighted by atomic mass is 32.2. The highest BCUT2D eigenvalue weighted by Crippen LogP contribution is 2.39. The Morgan fingerprint density at radius 3 is 2.94 bits per heavy atom. The number of ether oxygens (including phenoxy) is 1. The molecule has 3 nitrogen and oxygen atoms in total. The molecule has 1 heterocycles. The number of esters is 1. The molecule has 1 aromatic rings. The fourth-order valence-electron chi connectivity index (χ4n) is 1.52. The summed E-state index contributed by atoms with van der Waals surface area (Å²) < 4.78 is 4.99. The maximum Gasteiger partial charge on any atom is 0.346 e. The van der Waals surface area contributed by atoms with Crippen molar-refractivity contribution < 1.29 is 9.53 Å². The van der Waals surface area contributed by atoms with E-state index in [1.807, 2.05) is 49.3 Å². The van der Waals surface area contributed by atoms with E-state index in [-0.39, 0.29) is 5.97 Å². The third kappa shape index (κ3) is 2.07. The molecule has 0 bridgehead atoms. The number of thioether (sulfide) groups is 1. The minimum absolute atomic E-state index is 0.256. The third-order valence-corrected chi connectivity index (χ3v) is 3.31.